The van der Waals surface area contributed by atoms with Crippen molar-refractivity contribution in [2.45, 2.75) is 33.4 Å². The summed E-state index contributed by atoms with van der Waals surface area (Å²) in [6, 6.07) is 3.66. The molecule has 29 heavy (non-hydrogen) atoms. The minimum absolute atomic E-state index is 0.0560. The van der Waals surface area contributed by atoms with Gasteiger partial charge in [-0.3, -0.25) is 23.1 Å². The standard InChI is InChI=1S/C19H21N5O5/c1-4-28-14(25)7-8-22-17(26)15-16(21(3)19(22)27)20-18-23(12(2)10-24(15)18)11-13-6-5-9-29-13/h5-6,9-10H,4,7-8,11H2,1-3H3. The van der Waals surface area contributed by atoms with Crippen LogP contribution in [0.15, 0.2) is 38.6 Å². The van der Waals surface area contributed by atoms with Crippen molar-refractivity contribution in [3.63, 3.8) is 0 Å². The Balaban J connectivity index is 1.87. The molecule has 0 radical (unpaired) electrons. The second-order valence-corrected chi connectivity index (χ2v) is 6.74. The van der Waals surface area contributed by atoms with Crippen molar-refractivity contribution in [1.82, 2.24) is 23.1 Å². The van der Waals surface area contributed by atoms with E-state index in [0.29, 0.717) is 12.3 Å². The Morgan fingerprint density at radius 3 is 2.76 bits per heavy atom. The molecule has 4 aromatic heterocycles. The molecule has 0 N–H and O–H groups in total. The number of furan rings is 1. The first-order valence-electron chi connectivity index (χ1n) is 9.28. The van der Waals surface area contributed by atoms with E-state index < -0.39 is 17.2 Å². The molecule has 152 valence electrons. The predicted octanol–water partition coefficient (Wildman–Crippen LogP) is 1.05. The third-order valence-corrected chi connectivity index (χ3v) is 4.88. The molecule has 0 bridgehead atoms. The molecule has 0 atom stereocenters. The van der Waals surface area contributed by atoms with Crippen LogP contribution in [0.3, 0.4) is 0 Å². The Bertz CT molecular complexity index is 1320. The quantitative estimate of drug-likeness (QED) is 0.449. The van der Waals surface area contributed by atoms with E-state index in [1.165, 1.54) is 4.57 Å². The molecule has 0 saturated heterocycles. The summed E-state index contributed by atoms with van der Waals surface area (Å²) in [5.41, 5.74) is 0.442. The Labute approximate surface area is 164 Å². The highest BCUT2D eigenvalue weighted by molar-refractivity contribution is 5.76. The van der Waals surface area contributed by atoms with Gasteiger partial charge < -0.3 is 13.7 Å². The number of hydrogen-bond donors (Lipinski definition) is 0. The summed E-state index contributed by atoms with van der Waals surface area (Å²) >= 11 is 0. The van der Waals surface area contributed by atoms with Crippen LogP contribution in [-0.2, 0) is 29.7 Å². The van der Waals surface area contributed by atoms with Crippen molar-refractivity contribution < 1.29 is 13.9 Å². The van der Waals surface area contributed by atoms with Gasteiger partial charge in [-0.25, -0.2) is 4.79 Å². The van der Waals surface area contributed by atoms with Gasteiger partial charge in [-0.05, 0) is 26.0 Å². The molecule has 4 heterocycles. The first-order valence-corrected chi connectivity index (χ1v) is 9.28. The number of rotatable bonds is 6. The van der Waals surface area contributed by atoms with Gasteiger partial charge in [-0.1, -0.05) is 0 Å². The summed E-state index contributed by atoms with van der Waals surface area (Å²) in [4.78, 5) is 42.0. The smallest absolute Gasteiger partial charge is 0.332 e. The van der Waals surface area contributed by atoms with Gasteiger partial charge in [0.1, 0.15) is 5.76 Å². The molecular weight excluding hydrogens is 378 g/mol. The van der Waals surface area contributed by atoms with E-state index in [0.717, 1.165) is 16.0 Å². The van der Waals surface area contributed by atoms with E-state index >= 15 is 0 Å². The van der Waals surface area contributed by atoms with Crippen molar-refractivity contribution in [2.24, 2.45) is 7.05 Å². The number of esters is 1. The number of nitrogens with zero attached hydrogens (tertiary/aromatic N) is 5. The molecule has 0 spiro atoms. The number of aromatic nitrogens is 5. The molecule has 0 aliphatic rings. The fourth-order valence-electron chi connectivity index (χ4n) is 3.44. The molecule has 4 aromatic rings. The third-order valence-electron chi connectivity index (χ3n) is 4.88. The Morgan fingerprint density at radius 2 is 2.07 bits per heavy atom. The van der Waals surface area contributed by atoms with Gasteiger partial charge in [0, 0.05) is 25.5 Å². The Hall–Kier alpha value is -3.56. The maximum Gasteiger partial charge on any atom is 0.332 e. The van der Waals surface area contributed by atoms with Crippen LogP contribution in [0.1, 0.15) is 24.8 Å². The topological polar surface area (TPSA) is 106 Å². The average molecular weight is 399 g/mol. The summed E-state index contributed by atoms with van der Waals surface area (Å²) in [7, 11) is 1.56. The van der Waals surface area contributed by atoms with Crippen molar-refractivity contribution in [1.29, 1.82) is 0 Å². The lowest BCUT2D eigenvalue weighted by Crippen LogP contribution is -2.39. The summed E-state index contributed by atoms with van der Waals surface area (Å²) < 4.78 is 16.3. The van der Waals surface area contributed by atoms with E-state index in [9.17, 15) is 14.4 Å². The van der Waals surface area contributed by atoms with Gasteiger partial charge in [-0.15, -0.1) is 0 Å². The summed E-state index contributed by atoms with van der Waals surface area (Å²) in [6.45, 7) is 4.25. The van der Waals surface area contributed by atoms with E-state index in [1.54, 1.807) is 36.9 Å². The highest BCUT2D eigenvalue weighted by Crippen LogP contribution is 2.18. The molecule has 0 saturated carbocycles. The van der Waals surface area contributed by atoms with Gasteiger partial charge >= 0.3 is 11.7 Å². The first-order chi connectivity index (χ1) is 13.9. The second-order valence-electron chi connectivity index (χ2n) is 6.74. The Kier molecular flexibility index (Phi) is 4.61. The second kappa shape index (κ2) is 7.12. The number of fused-ring (bicyclic) bond motifs is 3. The zero-order valence-corrected chi connectivity index (χ0v) is 16.4. The molecular formula is C19H21N5O5. The van der Waals surface area contributed by atoms with Crippen LogP contribution in [0.25, 0.3) is 16.9 Å². The van der Waals surface area contributed by atoms with Gasteiger partial charge in [0.05, 0.1) is 25.8 Å². The fourth-order valence-corrected chi connectivity index (χ4v) is 3.44. The number of hydrogen-bond acceptors (Lipinski definition) is 6. The van der Waals surface area contributed by atoms with E-state index in [2.05, 4.69) is 4.98 Å². The van der Waals surface area contributed by atoms with E-state index in [1.807, 2.05) is 17.6 Å². The SMILES string of the molecule is CCOC(=O)CCn1c(=O)c2c(nc3n(Cc4ccco4)c(C)cn23)n(C)c1=O. The maximum absolute atomic E-state index is 13.1. The monoisotopic (exact) mass is 399 g/mol. The van der Waals surface area contributed by atoms with Crippen LogP contribution in [0, 0.1) is 6.92 Å². The van der Waals surface area contributed by atoms with Gasteiger partial charge in [0.2, 0.25) is 5.78 Å². The van der Waals surface area contributed by atoms with Gasteiger partial charge in [0.15, 0.2) is 11.2 Å². The van der Waals surface area contributed by atoms with Gasteiger partial charge in [0.25, 0.3) is 5.56 Å². The number of ether oxygens (including phenoxy) is 1. The van der Waals surface area contributed by atoms with Crippen molar-refractivity contribution >= 4 is 22.9 Å². The minimum Gasteiger partial charge on any atom is -0.467 e. The predicted molar refractivity (Wildman–Crippen MR) is 104 cm³/mol. The molecule has 0 amide bonds. The maximum atomic E-state index is 13.1. The highest BCUT2D eigenvalue weighted by atomic mass is 16.5. The van der Waals surface area contributed by atoms with Crippen LogP contribution in [0.2, 0.25) is 0 Å². The fraction of sp³-hybridized carbons (Fsp3) is 0.368. The lowest BCUT2D eigenvalue weighted by atomic mass is 10.4. The average Bonchev–Trinajstić information content (AvgIpc) is 3.38. The van der Waals surface area contributed by atoms with Crippen LogP contribution in [0.4, 0.5) is 0 Å². The summed E-state index contributed by atoms with van der Waals surface area (Å²) in [5, 5.41) is 0. The summed E-state index contributed by atoms with van der Waals surface area (Å²) in [5.74, 6) is 0.823. The van der Waals surface area contributed by atoms with Crippen molar-refractivity contribution in [3.05, 3.63) is 56.9 Å². The molecule has 0 aromatic carbocycles. The molecule has 0 fully saturated rings. The lowest BCUT2D eigenvalue weighted by molar-refractivity contribution is -0.143. The van der Waals surface area contributed by atoms with E-state index in [4.69, 9.17) is 9.15 Å². The molecule has 0 aliphatic heterocycles. The van der Waals surface area contributed by atoms with Crippen LogP contribution < -0.4 is 11.2 Å². The van der Waals surface area contributed by atoms with Crippen LogP contribution >= 0.6 is 0 Å². The molecule has 0 aliphatic carbocycles. The summed E-state index contributed by atoms with van der Waals surface area (Å²) in [6.07, 6.45) is 3.34. The Morgan fingerprint density at radius 1 is 1.28 bits per heavy atom. The first kappa shape index (κ1) is 18.8. The minimum atomic E-state index is -0.526. The van der Waals surface area contributed by atoms with Gasteiger partial charge in [-0.2, -0.15) is 4.98 Å². The normalized spacial score (nSPS) is 11.6. The van der Waals surface area contributed by atoms with Crippen LogP contribution in [-0.4, -0.2) is 35.7 Å². The number of aryl methyl sites for hydroxylation is 2. The molecule has 0 unspecified atom stereocenters. The van der Waals surface area contributed by atoms with Crippen molar-refractivity contribution in [3.8, 4) is 0 Å². The zero-order valence-electron chi connectivity index (χ0n) is 16.4. The number of carbonyl (C=O) groups excluding carboxylic acids is 1. The van der Waals surface area contributed by atoms with Crippen molar-refractivity contribution in [2.75, 3.05) is 6.61 Å². The molecule has 10 nitrogen and oxygen atoms in total. The molecule has 10 heteroatoms. The highest BCUT2D eigenvalue weighted by Gasteiger charge is 2.21. The number of imidazole rings is 2. The largest absolute Gasteiger partial charge is 0.467 e. The third kappa shape index (κ3) is 3.06. The lowest BCUT2D eigenvalue weighted by Gasteiger charge is -2.07. The van der Waals surface area contributed by atoms with E-state index in [-0.39, 0.29) is 30.7 Å². The van der Waals surface area contributed by atoms with Crippen LogP contribution in [0.5, 0.6) is 0 Å². The zero-order chi connectivity index (χ0) is 20.7. The molecule has 4 rings (SSSR count). The number of carbonyl (C=O) groups is 1.